The number of fused-ring (bicyclic) bond motifs is 1. The Hall–Kier alpha value is -1.29. The van der Waals surface area contributed by atoms with E-state index >= 15 is 0 Å². The molecule has 4 nitrogen and oxygen atoms in total. The zero-order valence-electron chi connectivity index (χ0n) is 7.36. The first kappa shape index (κ1) is 8.31. The van der Waals surface area contributed by atoms with Gasteiger partial charge in [-0.25, -0.2) is 4.98 Å². The summed E-state index contributed by atoms with van der Waals surface area (Å²) in [7, 11) is 0. The highest BCUT2D eigenvalue weighted by Gasteiger charge is 2.20. The molecule has 0 bridgehead atoms. The Bertz CT molecular complexity index is 314. The summed E-state index contributed by atoms with van der Waals surface area (Å²) in [6.45, 7) is 2.28. The van der Waals surface area contributed by atoms with Gasteiger partial charge >= 0.3 is 0 Å². The fourth-order valence-electron chi connectivity index (χ4n) is 1.19. The number of hydrogen-bond donors (Lipinski definition) is 1. The number of aromatic nitrogens is 1. The third-order valence-electron chi connectivity index (χ3n) is 1.86. The number of pyridine rings is 1. The molecule has 0 saturated carbocycles. The molecule has 1 atom stereocenters. The van der Waals surface area contributed by atoms with Gasteiger partial charge in [0.25, 0.3) is 5.88 Å². The first-order chi connectivity index (χ1) is 6.29. The summed E-state index contributed by atoms with van der Waals surface area (Å²) >= 11 is 0. The molecule has 0 amide bonds. The second-order valence-corrected chi connectivity index (χ2v) is 3.05. The molecule has 1 N–H and O–H groups in total. The normalized spacial score (nSPS) is 20.0. The van der Waals surface area contributed by atoms with Crippen LogP contribution in [0.3, 0.4) is 0 Å². The molecule has 13 heavy (non-hydrogen) atoms. The minimum atomic E-state index is -0.289. The third kappa shape index (κ3) is 1.58. The predicted molar refractivity (Wildman–Crippen MR) is 46.0 cm³/mol. The van der Waals surface area contributed by atoms with Gasteiger partial charge in [-0.1, -0.05) is 0 Å². The van der Waals surface area contributed by atoms with E-state index < -0.39 is 0 Å². The minimum absolute atomic E-state index is 0.0466. The van der Waals surface area contributed by atoms with Gasteiger partial charge in [0.15, 0.2) is 11.9 Å². The zero-order valence-corrected chi connectivity index (χ0v) is 7.36. The summed E-state index contributed by atoms with van der Waals surface area (Å²) in [6.07, 6.45) is 1.42. The second kappa shape index (κ2) is 3.22. The van der Waals surface area contributed by atoms with Gasteiger partial charge in [0, 0.05) is 6.20 Å². The summed E-state index contributed by atoms with van der Waals surface area (Å²) in [5, 5.41) is 8.84. The standard InChI is InChI=1S/C9H11NO3/c1-6-2-8-9(10-3-6)13-7(4-11)5-12-8/h2-3,7,11H,4-5H2,1H3. The molecule has 1 unspecified atom stereocenters. The highest BCUT2D eigenvalue weighted by Crippen LogP contribution is 2.29. The lowest BCUT2D eigenvalue weighted by molar-refractivity contribution is 0.0410. The van der Waals surface area contributed by atoms with E-state index in [0.29, 0.717) is 18.2 Å². The zero-order chi connectivity index (χ0) is 9.26. The van der Waals surface area contributed by atoms with Crippen LogP contribution in [0, 0.1) is 6.92 Å². The molecular weight excluding hydrogens is 170 g/mol. The van der Waals surface area contributed by atoms with Crippen LogP contribution < -0.4 is 9.47 Å². The maximum Gasteiger partial charge on any atom is 0.257 e. The van der Waals surface area contributed by atoms with Gasteiger partial charge in [0.1, 0.15) is 6.61 Å². The highest BCUT2D eigenvalue weighted by molar-refractivity contribution is 5.37. The van der Waals surface area contributed by atoms with E-state index in [0.717, 1.165) is 5.56 Å². The maximum atomic E-state index is 8.84. The molecule has 2 rings (SSSR count). The lowest BCUT2D eigenvalue weighted by Crippen LogP contribution is -2.32. The van der Waals surface area contributed by atoms with E-state index in [4.69, 9.17) is 14.6 Å². The van der Waals surface area contributed by atoms with Crippen LogP contribution in [0.15, 0.2) is 12.3 Å². The Balaban J connectivity index is 2.26. The molecule has 0 saturated heterocycles. The van der Waals surface area contributed by atoms with Crippen molar-refractivity contribution in [1.29, 1.82) is 0 Å². The Morgan fingerprint density at radius 3 is 3.31 bits per heavy atom. The van der Waals surface area contributed by atoms with Crippen molar-refractivity contribution in [3.8, 4) is 11.6 Å². The summed E-state index contributed by atoms with van der Waals surface area (Å²) in [5.74, 6) is 1.13. The van der Waals surface area contributed by atoms with Crippen LogP contribution in [0.25, 0.3) is 0 Å². The molecule has 70 valence electrons. The topological polar surface area (TPSA) is 51.6 Å². The average molecular weight is 181 g/mol. The molecule has 0 radical (unpaired) electrons. The Morgan fingerprint density at radius 1 is 1.69 bits per heavy atom. The largest absolute Gasteiger partial charge is 0.484 e. The Morgan fingerprint density at radius 2 is 2.54 bits per heavy atom. The smallest absolute Gasteiger partial charge is 0.257 e. The third-order valence-corrected chi connectivity index (χ3v) is 1.86. The van der Waals surface area contributed by atoms with Gasteiger partial charge in [-0.2, -0.15) is 0 Å². The van der Waals surface area contributed by atoms with Crippen LogP contribution >= 0.6 is 0 Å². The number of nitrogens with zero attached hydrogens (tertiary/aromatic N) is 1. The van der Waals surface area contributed by atoms with Crippen LogP contribution in [0.1, 0.15) is 5.56 Å². The Kier molecular flexibility index (Phi) is 2.06. The van der Waals surface area contributed by atoms with Crippen LogP contribution in [0.2, 0.25) is 0 Å². The van der Waals surface area contributed by atoms with Crippen LogP contribution in [0.5, 0.6) is 11.6 Å². The number of ether oxygens (including phenoxy) is 2. The number of rotatable bonds is 1. The summed E-state index contributed by atoms with van der Waals surface area (Å²) in [6, 6.07) is 1.87. The summed E-state index contributed by atoms with van der Waals surface area (Å²) < 4.78 is 10.7. The molecule has 1 aliphatic rings. The fourth-order valence-corrected chi connectivity index (χ4v) is 1.19. The van der Waals surface area contributed by atoms with Crippen molar-refractivity contribution in [1.82, 2.24) is 4.98 Å². The van der Waals surface area contributed by atoms with Crippen LogP contribution in [0.4, 0.5) is 0 Å². The van der Waals surface area contributed by atoms with E-state index in [1.54, 1.807) is 6.20 Å². The SMILES string of the molecule is Cc1cnc2c(c1)OCC(CO)O2. The van der Waals surface area contributed by atoms with Crippen LogP contribution in [-0.2, 0) is 0 Å². The first-order valence-electron chi connectivity index (χ1n) is 4.16. The molecule has 0 aromatic carbocycles. The van der Waals surface area contributed by atoms with Gasteiger partial charge in [0.05, 0.1) is 6.61 Å². The van der Waals surface area contributed by atoms with E-state index in [2.05, 4.69) is 4.98 Å². The Labute approximate surface area is 76.1 Å². The van der Waals surface area contributed by atoms with Gasteiger partial charge in [-0.15, -0.1) is 0 Å². The van der Waals surface area contributed by atoms with Gasteiger partial charge < -0.3 is 14.6 Å². The van der Waals surface area contributed by atoms with E-state index in [1.165, 1.54) is 0 Å². The average Bonchev–Trinajstić information content (AvgIpc) is 2.17. The molecular formula is C9H11NO3. The lowest BCUT2D eigenvalue weighted by Gasteiger charge is -2.23. The first-order valence-corrected chi connectivity index (χ1v) is 4.16. The quantitative estimate of drug-likeness (QED) is 0.686. The van der Waals surface area contributed by atoms with Crippen molar-refractivity contribution in [3.05, 3.63) is 17.8 Å². The minimum Gasteiger partial charge on any atom is -0.484 e. The molecule has 0 aliphatic carbocycles. The fraction of sp³-hybridized carbons (Fsp3) is 0.444. The molecule has 1 aromatic rings. The van der Waals surface area contributed by atoms with Crippen molar-refractivity contribution in [2.45, 2.75) is 13.0 Å². The molecule has 0 fully saturated rings. The van der Waals surface area contributed by atoms with Gasteiger partial charge in [-0.05, 0) is 18.6 Å². The number of aliphatic hydroxyl groups excluding tert-OH is 1. The molecule has 4 heteroatoms. The van der Waals surface area contributed by atoms with Gasteiger partial charge in [0.2, 0.25) is 0 Å². The molecule has 2 heterocycles. The van der Waals surface area contributed by atoms with E-state index in [-0.39, 0.29) is 12.7 Å². The van der Waals surface area contributed by atoms with Gasteiger partial charge in [-0.3, -0.25) is 0 Å². The summed E-state index contributed by atoms with van der Waals surface area (Å²) in [4.78, 5) is 4.06. The molecule has 1 aliphatic heterocycles. The molecule has 0 spiro atoms. The van der Waals surface area contributed by atoms with E-state index in [1.807, 2.05) is 13.0 Å². The number of hydrogen-bond acceptors (Lipinski definition) is 4. The predicted octanol–water partition coefficient (Wildman–Crippen LogP) is 0.522. The van der Waals surface area contributed by atoms with E-state index in [9.17, 15) is 0 Å². The van der Waals surface area contributed by atoms with Crippen molar-refractivity contribution in [3.63, 3.8) is 0 Å². The van der Waals surface area contributed by atoms with Crippen molar-refractivity contribution >= 4 is 0 Å². The monoisotopic (exact) mass is 181 g/mol. The summed E-state index contributed by atoms with van der Waals surface area (Å²) in [5.41, 5.74) is 1.03. The maximum absolute atomic E-state index is 8.84. The van der Waals surface area contributed by atoms with Crippen LogP contribution in [-0.4, -0.2) is 29.4 Å². The van der Waals surface area contributed by atoms with Crippen molar-refractivity contribution < 1.29 is 14.6 Å². The number of aliphatic hydroxyl groups is 1. The molecule has 1 aromatic heterocycles. The lowest BCUT2D eigenvalue weighted by atomic mass is 10.3. The van der Waals surface area contributed by atoms with Crippen molar-refractivity contribution in [2.75, 3.05) is 13.2 Å². The highest BCUT2D eigenvalue weighted by atomic mass is 16.6. The second-order valence-electron chi connectivity index (χ2n) is 3.05. The number of aryl methyl sites for hydroxylation is 1. The van der Waals surface area contributed by atoms with Crippen molar-refractivity contribution in [2.24, 2.45) is 0 Å².